The summed E-state index contributed by atoms with van der Waals surface area (Å²) >= 11 is 0. The van der Waals surface area contributed by atoms with Crippen LogP contribution in [-0.2, 0) is 11.2 Å². The van der Waals surface area contributed by atoms with Crippen LogP contribution in [0, 0.1) is 20.8 Å². The molecule has 1 aromatic heterocycles. The van der Waals surface area contributed by atoms with E-state index in [4.69, 9.17) is 0 Å². The molecule has 1 aliphatic heterocycles. The third kappa shape index (κ3) is 2.10. The van der Waals surface area contributed by atoms with E-state index in [-0.39, 0.29) is 12.0 Å². The average molecular weight is 272 g/mol. The predicted molar refractivity (Wildman–Crippen MR) is 78.8 cm³/mol. The fourth-order valence-corrected chi connectivity index (χ4v) is 2.99. The first-order valence-corrected chi connectivity index (χ1v) is 7.00. The molecule has 0 unspecified atom stereocenters. The molecule has 0 radical (unpaired) electrons. The number of H-pyrrole nitrogens is 1. The highest BCUT2D eigenvalue weighted by atomic mass is 16.3. The van der Waals surface area contributed by atoms with Gasteiger partial charge >= 0.3 is 0 Å². The molecule has 20 heavy (non-hydrogen) atoms. The molecular formula is C16H20N2O2. The van der Waals surface area contributed by atoms with E-state index in [2.05, 4.69) is 31.0 Å². The Morgan fingerprint density at radius 3 is 2.70 bits per heavy atom. The van der Waals surface area contributed by atoms with Crippen molar-refractivity contribution in [1.82, 2.24) is 9.88 Å². The van der Waals surface area contributed by atoms with Crippen molar-refractivity contribution in [2.45, 2.75) is 33.3 Å². The second kappa shape index (κ2) is 4.63. The van der Waals surface area contributed by atoms with Crippen molar-refractivity contribution in [3.8, 4) is 0 Å². The molecule has 0 atom stereocenters. The molecule has 4 nitrogen and oxygen atoms in total. The Morgan fingerprint density at radius 2 is 2.05 bits per heavy atom. The number of hydrogen-bond donors (Lipinski definition) is 2. The average Bonchev–Trinajstić information content (AvgIpc) is 2.63. The zero-order valence-corrected chi connectivity index (χ0v) is 12.2. The fraction of sp³-hybridized carbons (Fsp3) is 0.438. The number of likely N-dealkylation sites (tertiary alicyclic amines) is 1. The molecule has 2 N–H and O–H groups in total. The SMILES string of the molecule is Cc1cc(C)c2[nH]c(C)c(CC(=O)N3CC(O)C3)c2c1. The molecule has 0 bridgehead atoms. The minimum atomic E-state index is -0.340. The number of rotatable bonds is 2. The number of nitrogens with zero attached hydrogens (tertiary/aromatic N) is 1. The molecule has 0 aliphatic carbocycles. The van der Waals surface area contributed by atoms with Crippen LogP contribution < -0.4 is 0 Å². The van der Waals surface area contributed by atoms with Crippen LogP contribution in [0.15, 0.2) is 12.1 Å². The number of β-amino-alcohol motifs (C(OH)–C–C–N with tert-alkyl or cyclic N) is 1. The monoisotopic (exact) mass is 272 g/mol. The summed E-state index contributed by atoms with van der Waals surface area (Å²) in [5.41, 5.74) is 5.68. The van der Waals surface area contributed by atoms with Gasteiger partial charge < -0.3 is 15.0 Å². The normalized spacial score (nSPS) is 15.7. The van der Waals surface area contributed by atoms with Crippen molar-refractivity contribution in [3.63, 3.8) is 0 Å². The number of nitrogens with one attached hydrogen (secondary N) is 1. The zero-order chi connectivity index (χ0) is 14.4. The summed E-state index contributed by atoms with van der Waals surface area (Å²) in [6, 6.07) is 4.29. The van der Waals surface area contributed by atoms with Crippen LogP contribution in [-0.4, -0.2) is 40.1 Å². The fourth-order valence-electron chi connectivity index (χ4n) is 2.99. The lowest BCUT2D eigenvalue weighted by Crippen LogP contribution is -2.53. The van der Waals surface area contributed by atoms with Gasteiger partial charge in [0, 0.05) is 29.7 Å². The second-order valence-electron chi connectivity index (χ2n) is 5.86. The number of fused-ring (bicyclic) bond motifs is 1. The van der Waals surface area contributed by atoms with Crippen molar-refractivity contribution in [2.75, 3.05) is 13.1 Å². The van der Waals surface area contributed by atoms with Crippen LogP contribution in [0.1, 0.15) is 22.4 Å². The minimum Gasteiger partial charge on any atom is -0.389 e. The maximum Gasteiger partial charge on any atom is 0.227 e. The summed E-state index contributed by atoms with van der Waals surface area (Å²) < 4.78 is 0. The van der Waals surface area contributed by atoms with Gasteiger partial charge in [-0.3, -0.25) is 4.79 Å². The Morgan fingerprint density at radius 1 is 1.35 bits per heavy atom. The van der Waals surface area contributed by atoms with Gasteiger partial charge in [0.2, 0.25) is 5.91 Å². The van der Waals surface area contributed by atoms with Crippen molar-refractivity contribution in [3.05, 3.63) is 34.5 Å². The van der Waals surface area contributed by atoms with E-state index in [1.165, 1.54) is 11.1 Å². The first-order chi connectivity index (χ1) is 9.45. The van der Waals surface area contributed by atoms with E-state index < -0.39 is 0 Å². The molecule has 2 aromatic rings. The number of carbonyl (C=O) groups excluding carboxylic acids is 1. The maximum absolute atomic E-state index is 12.2. The van der Waals surface area contributed by atoms with Crippen molar-refractivity contribution < 1.29 is 9.90 Å². The number of hydrogen-bond acceptors (Lipinski definition) is 2. The van der Waals surface area contributed by atoms with E-state index in [1.54, 1.807) is 4.90 Å². The molecule has 2 heterocycles. The molecule has 1 fully saturated rings. The Labute approximate surface area is 118 Å². The van der Waals surface area contributed by atoms with E-state index in [1.807, 2.05) is 6.92 Å². The van der Waals surface area contributed by atoms with Crippen LogP contribution in [0.2, 0.25) is 0 Å². The summed E-state index contributed by atoms with van der Waals surface area (Å²) in [5, 5.41) is 10.4. The quantitative estimate of drug-likeness (QED) is 0.876. The number of aliphatic hydroxyl groups excluding tert-OH is 1. The number of carbonyl (C=O) groups is 1. The molecule has 1 aliphatic rings. The topological polar surface area (TPSA) is 56.3 Å². The van der Waals surface area contributed by atoms with Crippen LogP contribution in [0.4, 0.5) is 0 Å². The van der Waals surface area contributed by atoms with Crippen molar-refractivity contribution >= 4 is 16.8 Å². The number of aromatic nitrogens is 1. The smallest absolute Gasteiger partial charge is 0.227 e. The highest BCUT2D eigenvalue weighted by Crippen LogP contribution is 2.27. The summed E-state index contributed by atoms with van der Waals surface area (Å²) in [5.74, 6) is 0.0958. The number of amides is 1. The van der Waals surface area contributed by atoms with Crippen molar-refractivity contribution in [1.29, 1.82) is 0 Å². The van der Waals surface area contributed by atoms with E-state index >= 15 is 0 Å². The van der Waals surface area contributed by atoms with Gasteiger partial charge in [-0.05, 0) is 38.0 Å². The Hall–Kier alpha value is -1.81. The summed E-state index contributed by atoms with van der Waals surface area (Å²) in [4.78, 5) is 17.3. The molecule has 0 spiro atoms. The lowest BCUT2D eigenvalue weighted by Gasteiger charge is -2.36. The Balaban J connectivity index is 1.95. The molecule has 3 rings (SSSR count). The first kappa shape index (κ1) is 13.2. The largest absolute Gasteiger partial charge is 0.389 e. The standard InChI is InChI=1S/C16H20N2O2/c1-9-4-10(2)16-14(5-9)13(11(3)17-16)6-15(20)18-7-12(19)8-18/h4-5,12,17,19H,6-8H2,1-3H3. The second-order valence-corrected chi connectivity index (χ2v) is 5.86. The van der Waals surface area contributed by atoms with E-state index in [0.717, 1.165) is 22.2 Å². The Bertz CT molecular complexity index is 681. The van der Waals surface area contributed by atoms with Gasteiger partial charge in [0.1, 0.15) is 0 Å². The zero-order valence-electron chi connectivity index (χ0n) is 12.2. The van der Waals surface area contributed by atoms with Crippen LogP contribution in [0.3, 0.4) is 0 Å². The molecule has 1 amide bonds. The van der Waals surface area contributed by atoms with Gasteiger partial charge in [-0.15, -0.1) is 0 Å². The highest BCUT2D eigenvalue weighted by Gasteiger charge is 2.29. The number of aryl methyl sites for hydroxylation is 3. The molecule has 0 saturated carbocycles. The summed E-state index contributed by atoms with van der Waals surface area (Å²) in [6.45, 7) is 7.12. The van der Waals surface area contributed by atoms with E-state index in [0.29, 0.717) is 19.5 Å². The number of aliphatic hydroxyl groups is 1. The van der Waals surface area contributed by atoms with Crippen LogP contribution in [0.5, 0.6) is 0 Å². The lowest BCUT2D eigenvalue weighted by atomic mass is 10.0. The molecule has 4 heteroatoms. The van der Waals surface area contributed by atoms with Gasteiger partial charge in [0.25, 0.3) is 0 Å². The van der Waals surface area contributed by atoms with Crippen molar-refractivity contribution in [2.24, 2.45) is 0 Å². The highest BCUT2D eigenvalue weighted by molar-refractivity contribution is 5.92. The third-order valence-corrected chi connectivity index (χ3v) is 4.11. The number of benzene rings is 1. The first-order valence-electron chi connectivity index (χ1n) is 7.00. The van der Waals surface area contributed by atoms with Crippen LogP contribution in [0.25, 0.3) is 10.9 Å². The van der Waals surface area contributed by atoms with Gasteiger partial charge in [-0.25, -0.2) is 0 Å². The van der Waals surface area contributed by atoms with Crippen LogP contribution >= 0.6 is 0 Å². The van der Waals surface area contributed by atoms with Gasteiger partial charge in [0.05, 0.1) is 12.5 Å². The summed E-state index contributed by atoms with van der Waals surface area (Å²) in [7, 11) is 0. The molecule has 1 aromatic carbocycles. The summed E-state index contributed by atoms with van der Waals surface area (Å²) in [6.07, 6.45) is 0.0639. The predicted octanol–water partition coefficient (Wildman–Crippen LogP) is 1.84. The molecular weight excluding hydrogens is 252 g/mol. The van der Waals surface area contributed by atoms with E-state index in [9.17, 15) is 9.90 Å². The number of aromatic amines is 1. The molecule has 106 valence electrons. The van der Waals surface area contributed by atoms with Gasteiger partial charge in [-0.2, -0.15) is 0 Å². The van der Waals surface area contributed by atoms with Gasteiger partial charge in [-0.1, -0.05) is 11.6 Å². The maximum atomic E-state index is 12.2. The van der Waals surface area contributed by atoms with Gasteiger partial charge in [0.15, 0.2) is 0 Å². The Kier molecular flexibility index (Phi) is 3.05. The molecule has 1 saturated heterocycles. The minimum absolute atomic E-state index is 0.0958. The lowest BCUT2D eigenvalue weighted by molar-refractivity contribution is -0.140. The third-order valence-electron chi connectivity index (χ3n) is 4.11.